The van der Waals surface area contributed by atoms with Gasteiger partial charge in [0.15, 0.2) is 0 Å². The summed E-state index contributed by atoms with van der Waals surface area (Å²) in [6, 6.07) is 6.15. The van der Waals surface area contributed by atoms with Gasteiger partial charge >= 0.3 is 0 Å². The zero-order valence-electron chi connectivity index (χ0n) is 10.9. The molecule has 1 aromatic carbocycles. The SMILES string of the molecule is C=C(Nc1ccc(NC)cc1C)/C(C)=C/OC. The first-order chi connectivity index (χ1) is 8.08. The summed E-state index contributed by atoms with van der Waals surface area (Å²) in [5, 5.41) is 6.39. The number of nitrogens with one attached hydrogen (secondary N) is 2. The molecule has 1 rings (SSSR count). The van der Waals surface area contributed by atoms with E-state index in [1.54, 1.807) is 13.4 Å². The molecule has 0 saturated heterocycles. The zero-order valence-corrected chi connectivity index (χ0v) is 10.9. The molecule has 0 atom stereocenters. The highest BCUT2D eigenvalue weighted by molar-refractivity contribution is 5.62. The lowest BCUT2D eigenvalue weighted by Crippen LogP contribution is -2.02. The molecule has 0 spiro atoms. The van der Waals surface area contributed by atoms with Crippen molar-refractivity contribution in [1.29, 1.82) is 0 Å². The monoisotopic (exact) mass is 232 g/mol. The van der Waals surface area contributed by atoms with Crippen LogP contribution < -0.4 is 10.6 Å². The number of ether oxygens (including phenoxy) is 1. The minimum Gasteiger partial charge on any atom is -0.504 e. The van der Waals surface area contributed by atoms with Crippen LogP contribution in [0.5, 0.6) is 0 Å². The first-order valence-corrected chi connectivity index (χ1v) is 5.52. The Labute approximate surface area is 103 Å². The van der Waals surface area contributed by atoms with E-state index in [9.17, 15) is 0 Å². The van der Waals surface area contributed by atoms with Crippen LogP contribution in [0.25, 0.3) is 0 Å². The molecule has 0 heterocycles. The van der Waals surface area contributed by atoms with Crippen molar-refractivity contribution < 1.29 is 4.74 Å². The van der Waals surface area contributed by atoms with Gasteiger partial charge in [-0.15, -0.1) is 0 Å². The summed E-state index contributed by atoms with van der Waals surface area (Å²) in [6.07, 6.45) is 1.67. The van der Waals surface area contributed by atoms with E-state index in [0.717, 1.165) is 22.6 Å². The van der Waals surface area contributed by atoms with Crippen molar-refractivity contribution in [2.75, 3.05) is 24.8 Å². The number of aryl methyl sites for hydroxylation is 1. The van der Waals surface area contributed by atoms with Gasteiger partial charge in [-0.3, -0.25) is 0 Å². The van der Waals surface area contributed by atoms with Crippen LogP contribution in [0.2, 0.25) is 0 Å². The fourth-order valence-electron chi connectivity index (χ4n) is 1.47. The summed E-state index contributed by atoms with van der Waals surface area (Å²) in [4.78, 5) is 0. The lowest BCUT2D eigenvalue weighted by molar-refractivity contribution is 0.335. The van der Waals surface area contributed by atoms with Gasteiger partial charge in [0.1, 0.15) is 0 Å². The standard InChI is InChI=1S/C14H20N2O/c1-10-8-13(15-4)6-7-14(10)16-12(3)11(2)9-17-5/h6-9,15-16H,3H2,1-2,4-5H3/b11-9+. The summed E-state index contributed by atoms with van der Waals surface area (Å²) in [7, 11) is 3.54. The Balaban J connectivity index is 2.82. The molecule has 0 aromatic heterocycles. The Morgan fingerprint density at radius 1 is 1.41 bits per heavy atom. The van der Waals surface area contributed by atoms with E-state index in [2.05, 4.69) is 30.2 Å². The lowest BCUT2D eigenvalue weighted by Gasteiger charge is -2.13. The lowest BCUT2D eigenvalue weighted by atomic mass is 10.1. The van der Waals surface area contributed by atoms with Crippen molar-refractivity contribution in [2.24, 2.45) is 0 Å². The van der Waals surface area contributed by atoms with Crippen molar-refractivity contribution in [3.63, 3.8) is 0 Å². The van der Waals surface area contributed by atoms with E-state index in [-0.39, 0.29) is 0 Å². The first-order valence-electron chi connectivity index (χ1n) is 5.52. The molecule has 0 saturated carbocycles. The molecule has 0 fully saturated rings. The zero-order chi connectivity index (χ0) is 12.8. The normalized spacial score (nSPS) is 10.9. The molecular weight excluding hydrogens is 212 g/mol. The fraction of sp³-hybridized carbons (Fsp3) is 0.286. The average molecular weight is 232 g/mol. The van der Waals surface area contributed by atoms with Crippen LogP contribution in [0.4, 0.5) is 11.4 Å². The van der Waals surface area contributed by atoms with Crippen LogP contribution in [-0.4, -0.2) is 14.2 Å². The number of anilines is 2. The Morgan fingerprint density at radius 2 is 2.12 bits per heavy atom. The maximum atomic E-state index is 4.96. The van der Waals surface area contributed by atoms with Gasteiger partial charge in [0, 0.05) is 29.7 Å². The van der Waals surface area contributed by atoms with Crippen molar-refractivity contribution in [3.8, 4) is 0 Å². The predicted molar refractivity (Wildman–Crippen MR) is 74.3 cm³/mol. The van der Waals surface area contributed by atoms with E-state index < -0.39 is 0 Å². The van der Waals surface area contributed by atoms with Crippen LogP contribution in [-0.2, 0) is 4.74 Å². The largest absolute Gasteiger partial charge is 0.504 e. The highest BCUT2D eigenvalue weighted by atomic mass is 16.5. The maximum absolute atomic E-state index is 4.96. The van der Waals surface area contributed by atoms with E-state index >= 15 is 0 Å². The average Bonchev–Trinajstić information content (AvgIpc) is 2.31. The molecule has 0 unspecified atom stereocenters. The molecule has 17 heavy (non-hydrogen) atoms. The van der Waals surface area contributed by atoms with Crippen LogP contribution in [0, 0.1) is 6.92 Å². The van der Waals surface area contributed by atoms with Gasteiger partial charge < -0.3 is 15.4 Å². The van der Waals surface area contributed by atoms with Gasteiger partial charge in [0.25, 0.3) is 0 Å². The third-order valence-electron chi connectivity index (χ3n) is 2.57. The van der Waals surface area contributed by atoms with Gasteiger partial charge in [-0.1, -0.05) is 6.58 Å². The van der Waals surface area contributed by atoms with Crippen LogP contribution in [0.15, 0.2) is 42.3 Å². The molecular formula is C14H20N2O. The van der Waals surface area contributed by atoms with Crippen molar-refractivity contribution in [1.82, 2.24) is 0 Å². The third-order valence-corrected chi connectivity index (χ3v) is 2.57. The third kappa shape index (κ3) is 3.55. The number of benzene rings is 1. The Kier molecular flexibility index (Phi) is 4.64. The first kappa shape index (κ1) is 13.2. The summed E-state index contributed by atoms with van der Waals surface area (Å²) in [5.74, 6) is 0. The number of methoxy groups -OCH3 is 1. The number of rotatable bonds is 5. The summed E-state index contributed by atoms with van der Waals surface area (Å²) >= 11 is 0. The number of hydrogen-bond acceptors (Lipinski definition) is 3. The Bertz CT molecular complexity index is 436. The second-order valence-electron chi connectivity index (χ2n) is 3.92. The van der Waals surface area contributed by atoms with Crippen LogP contribution in [0.3, 0.4) is 0 Å². The second-order valence-corrected chi connectivity index (χ2v) is 3.92. The predicted octanol–water partition coefficient (Wildman–Crippen LogP) is 3.51. The van der Waals surface area contributed by atoms with E-state index in [1.807, 2.05) is 26.1 Å². The smallest absolute Gasteiger partial charge is 0.0874 e. The summed E-state index contributed by atoms with van der Waals surface area (Å²) in [5.41, 5.74) is 5.14. The van der Waals surface area contributed by atoms with Crippen molar-refractivity contribution >= 4 is 11.4 Å². The molecule has 2 N–H and O–H groups in total. The molecule has 0 radical (unpaired) electrons. The molecule has 3 heteroatoms. The van der Waals surface area contributed by atoms with Gasteiger partial charge in [-0.25, -0.2) is 0 Å². The topological polar surface area (TPSA) is 33.3 Å². The van der Waals surface area contributed by atoms with E-state index in [0.29, 0.717) is 0 Å². The van der Waals surface area contributed by atoms with Crippen LogP contribution in [0.1, 0.15) is 12.5 Å². The molecule has 0 aliphatic rings. The number of allylic oxidation sites excluding steroid dienone is 1. The van der Waals surface area contributed by atoms with Gasteiger partial charge in [-0.05, 0) is 37.6 Å². The van der Waals surface area contributed by atoms with Gasteiger partial charge in [0.2, 0.25) is 0 Å². The number of hydrogen-bond donors (Lipinski definition) is 2. The minimum absolute atomic E-state index is 0.840. The fourth-order valence-corrected chi connectivity index (χ4v) is 1.47. The highest BCUT2D eigenvalue weighted by Crippen LogP contribution is 2.22. The Hall–Kier alpha value is -1.90. The van der Waals surface area contributed by atoms with Gasteiger partial charge in [-0.2, -0.15) is 0 Å². The van der Waals surface area contributed by atoms with Gasteiger partial charge in [0.05, 0.1) is 13.4 Å². The molecule has 1 aromatic rings. The van der Waals surface area contributed by atoms with E-state index in [4.69, 9.17) is 4.74 Å². The molecule has 0 aliphatic heterocycles. The highest BCUT2D eigenvalue weighted by Gasteiger charge is 2.02. The molecule has 0 aliphatic carbocycles. The van der Waals surface area contributed by atoms with Crippen molar-refractivity contribution in [2.45, 2.75) is 13.8 Å². The summed E-state index contributed by atoms with van der Waals surface area (Å²) < 4.78 is 4.96. The second kappa shape index (κ2) is 5.99. The molecule has 92 valence electrons. The molecule has 3 nitrogen and oxygen atoms in total. The van der Waals surface area contributed by atoms with E-state index in [1.165, 1.54) is 5.56 Å². The minimum atomic E-state index is 0.840. The molecule has 0 bridgehead atoms. The quantitative estimate of drug-likeness (QED) is 0.602. The van der Waals surface area contributed by atoms with Crippen LogP contribution >= 0.6 is 0 Å². The molecule has 0 amide bonds. The van der Waals surface area contributed by atoms with Crippen molar-refractivity contribution in [3.05, 3.63) is 47.9 Å². The Morgan fingerprint density at radius 3 is 2.65 bits per heavy atom. The summed E-state index contributed by atoms with van der Waals surface area (Å²) in [6.45, 7) is 7.99. The maximum Gasteiger partial charge on any atom is 0.0874 e.